The van der Waals surface area contributed by atoms with E-state index in [2.05, 4.69) is 16.9 Å². The number of hydrogen-bond donors (Lipinski definition) is 1. The molecule has 0 aliphatic heterocycles. The minimum atomic E-state index is 0.158. The van der Waals surface area contributed by atoms with Gasteiger partial charge in [0.05, 0.1) is 6.54 Å². The van der Waals surface area contributed by atoms with Crippen LogP contribution < -0.4 is 5.73 Å². The van der Waals surface area contributed by atoms with Crippen LogP contribution in [-0.4, -0.2) is 47.8 Å². The van der Waals surface area contributed by atoms with Gasteiger partial charge >= 0.3 is 0 Å². The van der Waals surface area contributed by atoms with Crippen molar-refractivity contribution in [3.05, 3.63) is 18.2 Å². The molecule has 0 saturated heterocycles. The van der Waals surface area contributed by atoms with Crippen molar-refractivity contribution in [2.75, 3.05) is 27.3 Å². The van der Waals surface area contributed by atoms with Crippen LogP contribution in [0.15, 0.2) is 12.4 Å². The molecule has 0 amide bonds. The third-order valence-electron chi connectivity index (χ3n) is 2.57. The van der Waals surface area contributed by atoms with E-state index >= 15 is 0 Å². The molecule has 5 heteroatoms. The number of likely N-dealkylation sites (N-methyl/N-ethyl adjacent to an activating group) is 1. The molecule has 0 aliphatic rings. The molecule has 1 aromatic rings. The molecule has 0 aliphatic carbocycles. The standard InChI is InChI=1S/C11H22N4O/c1-14(8-10(12)4-7-16-3)9-11-13-5-6-15(11)2/h5-6,10H,4,7-9,12H2,1-3H3. The molecule has 1 aromatic heterocycles. The predicted octanol–water partition coefficient (Wildman–Crippen LogP) is 0.216. The molecule has 2 N–H and O–H groups in total. The number of nitrogens with two attached hydrogens (primary N) is 1. The zero-order chi connectivity index (χ0) is 12.0. The summed E-state index contributed by atoms with van der Waals surface area (Å²) < 4.78 is 7.03. The Labute approximate surface area is 97.2 Å². The monoisotopic (exact) mass is 226 g/mol. The second-order valence-corrected chi connectivity index (χ2v) is 4.19. The maximum absolute atomic E-state index is 5.98. The number of nitrogens with zero attached hydrogens (tertiary/aromatic N) is 3. The number of ether oxygens (including phenoxy) is 1. The van der Waals surface area contributed by atoms with Gasteiger partial charge in [-0.05, 0) is 13.5 Å². The smallest absolute Gasteiger partial charge is 0.122 e. The molecule has 92 valence electrons. The molecule has 0 bridgehead atoms. The Hall–Kier alpha value is -0.910. The summed E-state index contributed by atoms with van der Waals surface area (Å²) in [6.07, 6.45) is 4.66. The van der Waals surface area contributed by atoms with Crippen molar-refractivity contribution in [2.24, 2.45) is 12.8 Å². The number of methoxy groups -OCH3 is 1. The van der Waals surface area contributed by atoms with Gasteiger partial charge < -0.3 is 15.0 Å². The van der Waals surface area contributed by atoms with Crippen LogP contribution in [0.5, 0.6) is 0 Å². The van der Waals surface area contributed by atoms with E-state index in [1.807, 2.05) is 24.0 Å². The van der Waals surface area contributed by atoms with Crippen molar-refractivity contribution in [2.45, 2.75) is 19.0 Å². The van der Waals surface area contributed by atoms with Gasteiger partial charge in [0.25, 0.3) is 0 Å². The molecule has 0 fully saturated rings. The molecular formula is C11H22N4O. The Kier molecular flexibility index (Phi) is 5.45. The van der Waals surface area contributed by atoms with Gasteiger partial charge in [0.2, 0.25) is 0 Å². The fourth-order valence-corrected chi connectivity index (χ4v) is 1.62. The second-order valence-electron chi connectivity index (χ2n) is 4.19. The minimum absolute atomic E-state index is 0.158. The first-order valence-electron chi connectivity index (χ1n) is 5.52. The van der Waals surface area contributed by atoms with E-state index < -0.39 is 0 Å². The molecule has 1 heterocycles. The summed E-state index contributed by atoms with van der Waals surface area (Å²) in [6, 6.07) is 0.158. The van der Waals surface area contributed by atoms with Gasteiger partial charge in [0, 0.05) is 45.7 Å². The predicted molar refractivity (Wildman–Crippen MR) is 64.0 cm³/mol. The Bertz CT molecular complexity index is 300. The van der Waals surface area contributed by atoms with Crippen molar-refractivity contribution in [3.63, 3.8) is 0 Å². The summed E-state index contributed by atoms with van der Waals surface area (Å²) in [4.78, 5) is 6.46. The maximum atomic E-state index is 5.98. The fourth-order valence-electron chi connectivity index (χ4n) is 1.62. The van der Waals surface area contributed by atoms with Crippen LogP contribution in [0, 0.1) is 0 Å². The van der Waals surface area contributed by atoms with Gasteiger partial charge in [-0.2, -0.15) is 0 Å². The molecule has 1 unspecified atom stereocenters. The molecule has 5 nitrogen and oxygen atoms in total. The first kappa shape index (κ1) is 13.2. The lowest BCUT2D eigenvalue weighted by Gasteiger charge is -2.20. The Morgan fingerprint density at radius 1 is 1.62 bits per heavy atom. The third kappa shape index (κ3) is 4.30. The van der Waals surface area contributed by atoms with Crippen molar-refractivity contribution < 1.29 is 4.74 Å². The molecule has 16 heavy (non-hydrogen) atoms. The average molecular weight is 226 g/mol. The molecule has 1 rings (SSSR count). The summed E-state index contributed by atoms with van der Waals surface area (Å²) in [7, 11) is 5.76. The molecule has 0 radical (unpaired) electrons. The van der Waals surface area contributed by atoms with Crippen molar-refractivity contribution in [1.82, 2.24) is 14.5 Å². The maximum Gasteiger partial charge on any atom is 0.122 e. The average Bonchev–Trinajstić information content (AvgIpc) is 2.61. The summed E-state index contributed by atoms with van der Waals surface area (Å²) in [6.45, 7) is 2.40. The number of aromatic nitrogens is 2. The first-order valence-corrected chi connectivity index (χ1v) is 5.52. The summed E-state index contributed by atoms with van der Waals surface area (Å²) in [5, 5.41) is 0. The van der Waals surface area contributed by atoms with Crippen LogP contribution in [0.25, 0.3) is 0 Å². The van der Waals surface area contributed by atoms with Gasteiger partial charge in [-0.3, -0.25) is 4.90 Å². The summed E-state index contributed by atoms with van der Waals surface area (Å²) in [5.74, 6) is 1.06. The van der Waals surface area contributed by atoms with Crippen LogP contribution in [-0.2, 0) is 18.3 Å². The molecule has 0 spiro atoms. The van der Waals surface area contributed by atoms with Crippen LogP contribution >= 0.6 is 0 Å². The van der Waals surface area contributed by atoms with Crippen LogP contribution in [0.3, 0.4) is 0 Å². The van der Waals surface area contributed by atoms with Crippen LogP contribution in [0.2, 0.25) is 0 Å². The first-order chi connectivity index (χ1) is 7.63. The number of rotatable bonds is 7. The Morgan fingerprint density at radius 3 is 2.94 bits per heavy atom. The highest BCUT2D eigenvalue weighted by Crippen LogP contribution is 2.01. The highest BCUT2D eigenvalue weighted by Gasteiger charge is 2.09. The van der Waals surface area contributed by atoms with E-state index in [0.29, 0.717) is 0 Å². The SMILES string of the molecule is COCCC(N)CN(C)Cc1nccn1C. The highest BCUT2D eigenvalue weighted by molar-refractivity contribution is 4.90. The van der Waals surface area contributed by atoms with Crippen molar-refractivity contribution >= 4 is 0 Å². The van der Waals surface area contributed by atoms with E-state index in [1.54, 1.807) is 7.11 Å². The third-order valence-corrected chi connectivity index (χ3v) is 2.57. The van der Waals surface area contributed by atoms with Gasteiger partial charge in [0.1, 0.15) is 5.82 Å². The molecular weight excluding hydrogens is 204 g/mol. The van der Waals surface area contributed by atoms with Gasteiger partial charge in [0.15, 0.2) is 0 Å². The van der Waals surface area contributed by atoms with Crippen LogP contribution in [0.4, 0.5) is 0 Å². The zero-order valence-electron chi connectivity index (χ0n) is 10.4. The lowest BCUT2D eigenvalue weighted by Crippen LogP contribution is -2.36. The molecule has 0 saturated carbocycles. The second kappa shape index (κ2) is 6.62. The minimum Gasteiger partial charge on any atom is -0.385 e. The number of imidazole rings is 1. The lowest BCUT2D eigenvalue weighted by molar-refractivity contribution is 0.178. The van der Waals surface area contributed by atoms with E-state index in [-0.39, 0.29) is 6.04 Å². The Balaban J connectivity index is 2.30. The van der Waals surface area contributed by atoms with E-state index in [4.69, 9.17) is 10.5 Å². The van der Waals surface area contributed by atoms with E-state index in [0.717, 1.165) is 31.9 Å². The van der Waals surface area contributed by atoms with Gasteiger partial charge in [-0.1, -0.05) is 0 Å². The summed E-state index contributed by atoms with van der Waals surface area (Å²) >= 11 is 0. The number of hydrogen-bond acceptors (Lipinski definition) is 4. The number of aryl methyl sites for hydroxylation is 1. The normalized spacial score (nSPS) is 13.3. The quantitative estimate of drug-likeness (QED) is 0.722. The molecule has 1 atom stereocenters. The highest BCUT2D eigenvalue weighted by atomic mass is 16.5. The Morgan fingerprint density at radius 2 is 2.38 bits per heavy atom. The van der Waals surface area contributed by atoms with Crippen molar-refractivity contribution in [3.8, 4) is 0 Å². The summed E-state index contributed by atoms with van der Waals surface area (Å²) in [5.41, 5.74) is 5.98. The molecule has 0 aromatic carbocycles. The van der Waals surface area contributed by atoms with Crippen molar-refractivity contribution in [1.29, 1.82) is 0 Å². The topological polar surface area (TPSA) is 56.3 Å². The largest absolute Gasteiger partial charge is 0.385 e. The van der Waals surface area contributed by atoms with Gasteiger partial charge in [-0.25, -0.2) is 4.98 Å². The zero-order valence-corrected chi connectivity index (χ0v) is 10.4. The van der Waals surface area contributed by atoms with Crippen LogP contribution in [0.1, 0.15) is 12.2 Å². The fraction of sp³-hybridized carbons (Fsp3) is 0.727. The van der Waals surface area contributed by atoms with E-state index in [9.17, 15) is 0 Å². The lowest BCUT2D eigenvalue weighted by atomic mass is 10.2. The van der Waals surface area contributed by atoms with E-state index in [1.165, 1.54) is 0 Å². The van der Waals surface area contributed by atoms with Gasteiger partial charge in [-0.15, -0.1) is 0 Å².